The molecule has 0 fully saturated rings. The molecule has 162 valence electrons. The van der Waals surface area contributed by atoms with E-state index >= 15 is 0 Å². The van der Waals surface area contributed by atoms with Crippen LogP contribution in [-0.4, -0.2) is 28.4 Å². The summed E-state index contributed by atoms with van der Waals surface area (Å²) < 4.78 is 22.5. The van der Waals surface area contributed by atoms with Gasteiger partial charge in [0.15, 0.2) is 0 Å². The molecule has 1 aliphatic carbocycles. The molecule has 0 aromatic heterocycles. The lowest BCUT2D eigenvalue weighted by molar-refractivity contribution is -0.360. The summed E-state index contributed by atoms with van der Waals surface area (Å²) in [5, 5.41) is 3.90. The third kappa shape index (κ3) is 2.48. The van der Waals surface area contributed by atoms with Crippen LogP contribution in [0.3, 0.4) is 0 Å². The molecular formula is C26H22O6. The van der Waals surface area contributed by atoms with E-state index in [1.807, 2.05) is 24.3 Å². The first-order valence-corrected chi connectivity index (χ1v) is 10.4. The van der Waals surface area contributed by atoms with E-state index < -0.39 is 0 Å². The summed E-state index contributed by atoms with van der Waals surface area (Å²) in [4.78, 5) is 11.7. The molecule has 6 heteroatoms. The maximum Gasteiger partial charge on any atom is 0.144 e. The number of fused-ring (bicyclic) bond motifs is 3. The monoisotopic (exact) mass is 430 g/mol. The third-order valence-corrected chi connectivity index (χ3v) is 6.54. The summed E-state index contributed by atoms with van der Waals surface area (Å²) in [6, 6.07) is 16.2. The summed E-state index contributed by atoms with van der Waals surface area (Å²) >= 11 is 0. The van der Waals surface area contributed by atoms with Crippen molar-refractivity contribution in [2.45, 2.75) is 12.2 Å². The smallest absolute Gasteiger partial charge is 0.144 e. The van der Waals surface area contributed by atoms with Crippen LogP contribution < -0.4 is 18.9 Å². The molecule has 0 unspecified atom stereocenters. The maximum absolute atomic E-state index is 5.84. The molecule has 4 aromatic rings. The van der Waals surface area contributed by atoms with Gasteiger partial charge in [-0.05, 0) is 70.8 Å². The van der Waals surface area contributed by atoms with E-state index in [4.69, 9.17) is 28.7 Å². The standard InChI is InChI=1S/C26H22O6/c1-27-21-5-6-22(28-2)14-10-18-17(9-13(14)21)25-19-11-15-16(12-20(19)26(18)32-31-25)24(30-4)8-7-23(15)29-3/h5-12,25-26H,1-4H3. The van der Waals surface area contributed by atoms with Gasteiger partial charge in [-0.1, -0.05) is 0 Å². The fraction of sp³-hybridized carbons (Fsp3) is 0.231. The van der Waals surface area contributed by atoms with Crippen LogP contribution in [0.25, 0.3) is 21.5 Å². The van der Waals surface area contributed by atoms with E-state index in [9.17, 15) is 0 Å². The van der Waals surface area contributed by atoms with E-state index in [0.29, 0.717) is 0 Å². The Hall–Kier alpha value is -3.48. The minimum Gasteiger partial charge on any atom is -0.496 e. The molecule has 6 nitrogen and oxygen atoms in total. The molecule has 2 aliphatic heterocycles. The molecule has 0 atom stereocenters. The van der Waals surface area contributed by atoms with Crippen LogP contribution in [0.15, 0.2) is 48.5 Å². The van der Waals surface area contributed by atoms with Crippen molar-refractivity contribution >= 4 is 21.5 Å². The first kappa shape index (κ1) is 19.2. The molecule has 0 saturated carbocycles. The van der Waals surface area contributed by atoms with Crippen molar-refractivity contribution in [2.24, 2.45) is 0 Å². The van der Waals surface area contributed by atoms with Gasteiger partial charge in [-0.25, -0.2) is 9.78 Å². The highest BCUT2D eigenvalue weighted by molar-refractivity contribution is 5.97. The number of benzene rings is 4. The van der Waals surface area contributed by atoms with Gasteiger partial charge in [-0.3, -0.25) is 0 Å². The maximum atomic E-state index is 5.84. The zero-order chi connectivity index (χ0) is 22.0. The van der Waals surface area contributed by atoms with Crippen LogP contribution in [0.5, 0.6) is 23.0 Å². The normalized spacial score (nSPS) is 18.4. The van der Waals surface area contributed by atoms with Crippen LogP contribution in [0.1, 0.15) is 34.5 Å². The second-order valence-electron chi connectivity index (χ2n) is 7.95. The molecule has 0 saturated heterocycles. The number of hydrogen-bond donors (Lipinski definition) is 0. The van der Waals surface area contributed by atoms with Crippen LogP contribution >= 0.6 is 0 Å². The zero-order valence-corrected chi connectivity index (χ0v) is 18.2. The molecule has 0 amide bonds. The molecular weight excluding hydrogens is 408 g/mol. The van der Waals surface area contributed by atoms with Gasteiger partial charge in [-0.15, -0.1) is 0 Å². The van der Waals surface area contributed by atoms with E-state index in [1.165, 1.54) is 0 Å². The molecule has 2 bridgehead atoms. The van der Waals surface area contributed by atoms with Gasteiger partial charge in [0.2, 0.25) is 0 Å². The van der Waals surface area contributed by atoms with Gasteiger partial charge < -0.3 is 18.9 Å². The SMILES string of the molecule is COc1ccc(OC)c2cc3c(cc12)C1OOC3c2cc3c(OC)ccc(OC)c3cc21. The highest BCUT2D eigenvalue weighted by atomic mass is 17.2. The molecule has 0 radical (unpaired) electrons. The van der Waals surface area contributed by atoms with E-state index in [0.717, 1.165) is 66.8 Å². The lowest BCUT2D eigenvalue weighted by Gasteiger charge is -2.39. The van der Waals surface area contributed by atoms with Crippen molar-refractivity contribution in [3.8, 4) is 23.0 Å². The van der Waals surface area contributed by atoms with Gasteiger partial charge in [0.1, 0.15) is 35.2 Å². The average molecular weight is 430 g/mol. The van der Waals surface area contributed by atoms with E-state index in [2.05, 4.69) is 24.3 Å². The minimum atomic E-state index is -0.356. The van der Waals surface area contributed by atoms with Crippen molar-refractivity contribution in [3.63, 3.8) is 0 Å². The van der Waals surface area contributed by atoms with Gasteiger partial charge in [0.25, 0.3) is 0 Å². The van der Waals surface area contributed by atoms with Crippen molar-refractivity contribution in [3.05, 3.63) is 70.8 Å². The second-order valence-corrected chi connectivity index (χ2v) is 7.95. The fourth-order valence-electron chi connectivity index (χ4n) is 5.02. The fourth-order valence-corrected chi connectivity index (χ4v) is 5.02. The Kier molecular flexibility index (Phi) is 4.22. The molecule has 2 heterocycles. The Bertz CT molecular complexity index is 1180. The predicted octanol–water partition coefficient (Wildman–Crippen LogP) is 5.48. The highest BCUT2D eigenvalue weighted by Gasteiger charge is 2.41. The Morgan fingerprint density at radius 3 is 0.938 bits per heavy atom. The lowest BCUT2D eigenvalue weighted by atomic mass is 9.78. The van der Waals surface area contributed by atoms with Crippen molar-refractivity contribution in [1.29, 1.82) is 0 Å². The zero-order valence-electron chi connectivity index (χ0n) is 18.2. The molecule has 0 N–H and O–H groups in total. The quantitative estimate of drug-likeness (QED) is 0.400. The van der Waals surface area contributed by atoms with Crippen molar-refractivity contribution < 1.29 is 28.7 Å². The first-order valence-electron chi connectivity index (χ1n) is 10.4. The van der Waals surface area contributed by atoms with Gasteiger partial charge in [0.05, 0.1) is 28.4 Å². The van der Waals surface area contributed by atoms with Crippen LogP contribution in [-0.2, 0) is 9.78 Å². The predicted molar refractivity (Wildman–Crippen MR) is 120 cm³/mol. The van der Waals surface area contributed by atoms with Crippen LogP contribution in [0.2, 0.25) is 0 Å². The van der Waals surface area contributed by atoms with Crippen LogP contribution in [0, 0.1) is 0 Å². The summed E-state index contributed by atoms with van der Waals surface area (Å²) in [6.45, 7) is 0. The molecule has 3 aliphatic rings. The molecule has 0 spiro atoms. The first-order chi connectivity index (χ1) is 15.7. The summed E-state index contributed by atoms with van der Waals surface area (Å²) in [6.07, 6.45) is -0.712. The molecule has 32 heavy (non-hydrogen) atoms. The summed E-state index contributed by atoms with van der Waals surface area (Å²) in [5.74, 6) is 3.15. The van der Waals surface area contributed by atoms with Crippen LogP contribution in [0.4, 0.5) is 0 Å². The van der Waals surface area contributed by atoms with Gasteiger partial charge in [-0.2, -0.15) is 0 Å². The topological polar surface area (TPSA) is 55.4 Å². The molecule has 4 aromatic carbocycles. The van der Waals surface area contributed by atoms with E-state index in [-0.39, 0.29) is 12.2 Å². The van der Waals surface area contributed by atoms with Crippen molar-refractivity contribution in [2.75, 3.05) is 28.4 Å². The second kappa shape index (κ2) is 7.02. The lowest BCUT2D eigenvalue weighted by Crippen LogP contribution is -2.28. The average Bonchev–Trinajstić information content (AvgIpc) is 2.85. The summed E-state index contributed by atoms with van der Waals surface area (Å²) in [5.41, 5.74) is 4.26. The van der Waals surface area contributed by atoms with Gasteiger partial charge in [0, 0.05) is 21.5 Å². The highest BCUT2D eigenvalue weighted by Crippen LogP contribution is 2.53. The third-order valence-electron chi connectivity index (χ3n) is 6.54. The van der Waals surface area contributed by atoms with E-state index in [1.54, 1.807) is 28.4 Å². The van der Waals surface area contributed by atoms with Crippen molar-refractivity contribution in [1.82, 2.24) is 0 Å². The Morgan fingerprint density at radius 1 is 0.469 bits per heavy atom. The largest absolute Gasteiger partial charge is 0.496 e. The number of methoxy groups -OCH3 is 4. The summed E-state index contributed by atoms with van der Waals surface area (Å²) in [7, 11) is 6.70. The molecule has 7 rings (SSSR count). The number of rotatable bonds is 4. The Balaban J connectivity index is 1.64. The number of ether oxygens (including phenoxy) is 4. The number of hydrogen-bond acceptors (Lipinski definition) is 6. The minimum absolute atomic E-state index is 0.356. The van der Waals surface area contributed by atoms with Gasteiger partial charge >= 0.3 is 0 Å². The Labute approximate surface area is 185 Å². The Morgan fingerprint density at radius 2 is 0.719 bits per heavy atom.